The van der Waals surface area contributed by atoms with Crippen LogP contribution in [0, 0.1) is 40.4 Å². The summed E-state index contributed by atoms with van der Waals surface area (Å²) in [7, 11) is 0. The summed E-state index contributed by atoms with van der Waals surface area (Å²) in [6.07, 6.45) is -17.7. The summed E-state index contributed by atoms with van der Waals surface area (Å²) in [5, 5.41) is 129. The zero-order valence-electron chi connectivity index (χ0n) is 39.7. The number of aliphatic hydroxyl groups excluding tert-OH is 10. The predicted molar refractivity (Wildman–Crippen MR) is 230 cm³/mol. The lowest BCUT2D eigenvalue weighted by atomic mass is 9.45. The molecule has 27 atom stereocenters. The molecule has 0 aromatic heterocycles. The zero-order chi connectivity index (χ0) is 49.6. The Labute approximate surface area is 395 Å². The van der Waals surface area contributed by atoms with E-state index in [4.69, 9.17) is 37.9 Å². The normalized spacial score (nSPS) is 53.9. The van der Waals surface area contributed by atoms with Crippen LogP contribution >= 0.6 is 0 Å². The molecule has 8 rings (SSSR count). The van der Waals surface area contributed by atoms with Crippen molar-refractivity contribution in [3.05, 3.63) is 11.6 Å². The predicted octanol–water partition coefficient (Wildman–Crippen LogP) is -2.17. The van der Waals surface area contributed by atoms with Crippen LogP contribution in [0.3, 0.4) is 0 Å². The lowest BCUT2D eigenvalue weighted by molar-refractivity contribution is -0.369. The Morgan fingerprint density at radius 3 is 2.09 bits per heavy atom. The van der Waals surface area contributed by atoms with Crippen LogP contribution in [0.4, 0.5) is 0 Å². The van der Waals surface area contributed by atoms with E-state index in [0.717, 1.165) is 5.57 Å². The monoisotopic (exact) mass is 976 g/mol. The van der Waals surface area contributed by atoms with Gasteiger partial charge in [0.2, 0.25) is 0 Å². The number of hydrogen-bond acceptors (Lipinski definition) is 21. The average Bonchev–Trinajstić information content (AvgIpc) is 3.65. The van der Waals surface area contributed by atoms with Crippen molar-refractivity contribution >= 4 is 5.97 Å². The van der Waals surface area contributed by atoms with Gasteiger partial charge in [0.05, 0.1) is 38.1 Å². The molecule has 4 saturated heterocycles. The molecule has 390 valence electrons. The molecule has 4 aliphatic carbocycles. The fourth-order valence-corrected chi connectivity index (χ4v) is 13.7. The molecule has 12 N–H and O–H groups in total. The molecule has 21 heteroatoms. The second-order valence-electron chi connectivity index (χ2n) is 21.8. The number of hydrogen-bond donors (Lipinski definition) is 12. The van der Waals surface area contributed by atoms with Gasteiger partial charge in [-0.05, 0) is 81.0 Å². The molecule has 0 amide bonds. The second-order valence-corrected chi connectivity index (χ2v) is 21.8. The number of carbonyl (C=O) groups excluding carboxylic acids is 1. The molecule has 21 nitrogen and oxygen atoms in total. The Kier molecular flexibility index (Phi) is 15.3. The van der Waals surface area contributed by atoms with Gasteiger partial charge in [0.15, 0.2) is 24.7 Å². The minimum Gasteiger partial charge on any atom is -0.462 e. The summed E-state index contributed by atoms with van der Waals surface area (Å²) in [6.45, 7) is 9.45. The smallest absolute Gasteiger partial charge is 0.302 e. The van der Waals surface area contributed by atoms with Gasteiger partial charge in [0.1, 0.15) is 78.8 Å². The number of ether oxygens (including phenoxy) is 8. The highest BCUT2D eigenvalue weighted by molar-refractivity contribution is 5.66. The first-order chi connectivity index (χ1) is 31.9. The third kappa shape index (κ3) is 8.72. The van der Waals surface area contributed by atoms with Crippen LogP contribution in [-0.4, -0.2) is 209 Å². The fraction of sp³-hybridized carbons (Fsp3) is 0.936. The van der Waals surface area contributed by atoms with Gasteiger partial charge in [-0.1, -0.05) is 39.3 Å². The SMILES string of the molecule is CC(=O)OC1CC2C(CC=C3C[C@@H](O[C@@H]4O[C@H](CO)[C@@H](O)[C@H](O)[C@H]4O[C@@H]4O[C@@H](C)[C@H](O)[C@@H](O)[C@H]4O)CCC32C)C2CC3OC(O)(CCC(C)CO[C@@H]4O[C@H](CO)[C@@H](O)[C@H](O)[C@H]4O)[C@@H](C)[C@]3(O)C12C. The van der Waals surface area contributed by atoms with E-state index in [1.165, 1.54) is 13.8 Å². The van der Waals surface area contributed by atoms with Crippen LogP contribution in [0.5, 0.6) is 0 Å². The van der Waals surface area contributed by atoms with Crippen LogP contribution in [0.1, 0.15) is 92.9 Å². The molecule has 0 bridgehead atoms. The van der Waals surface area contributed by atoms with E-state index in [9.17, 15) is 66.1 Å². The van der Waals surface area contributed by atoms with Gasteiger partial charge < -0.3 is 99.2 Å². The molecule has 68 heavy (non-hydrogen) atoms. The van der Waals surface area contributed by atoms with Crippen LogP contribution < -0.4 is 0 Å². The number of carbonyl (C=O) groups is 1. The van der Waals surface area contributed by atoms with Crippen LogP contribution in [0.25, 0.3) is 0 Å². The Morgan fingerprint density at radius 1 is 0.794 bits per heavy atom. The maximum Gasteiger partial charge on any atom is 0.302 e. The Morgan fingerprint density at radius 2 is 1.43 bits per heavy atom. The number of fused-ring (bicyclic) bond motifs is 7. The van der Waals surface area contributed by atoms with E-state index in [2.05, 4.69) is 13.0 Å². The van der Waals surface area contributed by atoms with Crippen molar-refractivity contribution < 1.29 is 104 Å². The van der Waals surface area contributed by atoms with Gasteiger partial charge in [0.25, 0.3) is 0 Å². The summed E-state index contributed by atoms with van der Waals surface area (Å²) in [4.78, 5) is 12.9. The number of esters is 1. The largest absolute Gasteiger partial charge is 0.462 e. The van der Waals surface area contributed by atoms with Gasteiger partial charge in [-0.3, -0.25) is 4.79 Å². The van der Waals surface area contributed by atoms with Gasteiger partial charge in [-0.25, -0.2) is 0 Å². The molecule has 0 aromatic carbocycles. The highest BCUT2D eigenvalue weighted by Gasteiger charge is 2.78. The molecule has 0 radical (unpaired) electrons. The molecule has 3 saturated carbocycles. The first-order valence-electron chi connectivity index (χ1n) is 24.5. The first kappa shape index (κ1) is 52.8. The van der Waals surface area contributed by atoms with Gasteiger partial charge >= 0.3 is 5.97 Å². The van der Waals surface area contributed by atoms with E-state index in [-0.39, 0.29) is 42.1 Å². The molecule has 0 aromatic rings. The van der Waals surface area contributed by atoms with Gasteiger partial charge in [0, 0.05) is 24.7 Å². The standard InChI is InChI=1S/C47H76O21/c1-19(18-61-41-38(57)36(55)33(52)28(16-48)65-41)9-12-46(59)21(3)47(60)31(68-46)15-27-25-8-7-23-13-24(10-11-44(23,5)26(25)14-30(45(27,47)6)63-22(4)50)64-43-40(37(56)34(53)29(17-49)66-43)67-42-39(58)35(54)32(51)20(2)62-42/h7,19-21,24-43,48-49,51-60H,8-18H2,1-6H3/t19?,20-,21+,24-,25?,26?,27?,28+,29+,30?,31?,32-,33+,34+,35+,36-,37-,38+,39+,40+,41+,42-,43+,44?,45?,46?,47+/m0/s1. The summed E-state index contributed by atoms with van der Waals surface area (Å²) in [5.74, 6) is -3.39. The minimum atomic E-state index is -1.75. The van der Waals surface area contributed by atoms with Crippen molar-refractivity contribution in [2.45, 2.75) is 215 Å². The van der Waals surface area contributed by atoms with E-state index in [1.807, 2.05) is 13.8 Å². The fourth-order valence-electron chi connectivity index (χ4n) is 13.7. The third-order valence-electron chi connectivity index (χ3n) is 18.0. The Hall–Kier alpha value is -1.55. The van der Waals surface area contributed by atoms with Crippen LogP contribution in [0.15, 0.2) is 11.6 Å². The van der Waals surface area contributed by atoms with Crippen molar-refractivity contribution in [1.29, 1.82) is 0 Å². The Balaban J connectivity index is 0.957. The van der Waals surface area contributed by atoms with E-state index in [0.29, 0.717) is 44.9 Å². The van der Waals surface area contributed by atoms with E-state index in [1.54, 1.807) is 6.92 Å². The molecular formula is C47H76O21. The van der Waals surface area contributed by atoms with Crippen molar-refractivity contribution in [1.82, 2.24) is 0 Å². The maximum absolute atomic E-state index is 13.1. The highest BCUT2D eigenvalue weighted by atomic mass is 16.8. The minimum absolute atomic E-state index is 0.0125. The van der Waals surface area contributed by atoms with Crippen molar-refractivity contribution in [2.75, 3.05) is 19.8 Å². The van der Waals surface area contributed by atoms with Crippen molar-refractivity contribution in [2.24, 2.45) is 40.4 Å². The quantitative estimate of drug-likeness (QED) is 0.0690. The second kappa shape index (κ2) is 19.7. The lowest BCUT2D eigenvalue weighted by Gasteiger charge is -2.61. The van der Waals surface area contributed by atoms with Crippen LogP contribution in [-0.2, 0) is 42.7 Å². The Bertz CT molecular complexity index is 1810. The number of aliphatic hydroxyl groups is 12. The third-order valence-corrected chi connectivity index (χ3v) is 18.0. The zero-order valence-corrected chi connectivity index (χ0v) is 39.7. The summed E-state index contributed by atoms with van der Waals surface area (Å²) in [6, 6.07) is 0. The number of allylic oxidation sites excluding steroid dienone is 1. The molecular weight excluding hydrogens is 900 g/mol. The van der Waals surface area contributed by atoms with Crippen LogP contribution in [0.2, 0.25) is 0 Å². The summed E-state index contributed by atoms with van der Waals surface area (Å²) < 4.78 is 48.1. The van der Waals surface area contributed by atoms with Gasteiger partial charge in [-0.2, -0.15) is 0 Å². The molecule has 0 spiro atoms. The molecule has 9 unspecified atom stereocenters. The average molecular weight is 977 g/mol. The summed E-state index contributed by atoms with van der Waals surface area (Å²) >= 11 is 0. The maximum atomic E-state index is 13.1. The molecule has 4 aliphatic heterocycles. The van der Waals surface area contributed by atoms with E-state index >= 15 is 0 Å². The van der Waals surface area contributed by atoms with E-state index < -0.39 is 152 Å². The summed E-state index contributed by atoms with van der Waals surface area (Å²) in [5.41, 5.74) is -1.88. The lowest BCUT2D eigenvalue weighted by Crippen LogP contribution is -2.65. The molecule has 8 aliphatic rings. The van der Waals surface area contributed by atoms with Crippen molar-refractivity contribution in [3.8, 4) is 0 Å². The molecule has 4 heterocycles. The van der Waals surface area contributed by atoms with Crippen molar-refractivity contribution in [3.63, 3.8) is 0 Å². The van der Waals surface area contributed by atoms with Gasteiger partial charge in [-0.15, -0.1) is 0 Å². The molecule has 7 fully saturated rings. The topological polar surface area (TPSA) is 334 Å². The number of rotatable bonds is 13. The first-order valence-corrected chi connectivity index (χ1v) is 24.5. The highest BCUT2D eigenvalue weighted by Crippen LogP contribution is 2.72.